The molecule has 1 unspecified atom stereocenters. The molecule has 0 bridgehead atoms. The van der Waals surface area contributed by atoms with Gasteiger partial charge >= 0.3 is 0 Å². The third-order valence-electron chi connectivity index (χ3n) is 3.15. The molecule has 0 aliphatic heterocycles. The molecule has 0 aliphatic rings. The van der Waals surface area contributed by atoms with Crippen LogP contribution in [0.25, 0.3) is 0 Å². The fourth-order valence-corrected chi connectivity index (χ4v) is 1.90. The highest BCUT2D eigenvalue weighted by atomic mass is 16.7. The second-order valence-corrected chi connectivity index (χ2v) is 4.91. The molecule has 1 aromatic rings. The monoisotopic (exact) mass is 251 g/mol. The van der Waals surface area contributed by atoms with Gasteiger partial charge in [-0.1, -0.05) is 38.1 Å². The average Bonchev–Trinajstić information content (AvgIpc) is 2.38. The van der Waals surface area contributed by atoms with Crippen molar-refractivity contribution in [3.63, 3.8) is 0 Å². The largest absolute Gasteiger partial charge is 0.354 e. The SMILES string of the molecule is COC(OC)C(C)NCc1ccc(C(C)C)cc1. The standard InChI is InChI=1S/C15H25NO2/c1-11(2)14-8-6-13(7-9-14)10-16-12(3)15(17-4)18-5/h6-9,11-12,15-16H,10H2,1-5H3. The van der Waals surface area contributed by atoms with Crippen molar-refractivity contribution < 1.29 is 9.47 Å². The van der Waals surface area contributed by atoms with E-state index in [1.165, 1.54) is 11.1 Å². The highest BCUT2D eigenvalue weighted by molar-refractivity contribution is 5.24. The minimum Gasteiger partial charge on any atom is -0.354 e. The maximum atomic E-state index is 5.22. The predicted octanol–water partition coefficient (Wildman–Crippen LogP) is 2.91. The van der Waals surface area contributed by atoms with E-state index in [-0.39, 0.29) is 12.3 Å². The molecule has 1 N–H and O–H groups in total. The summed E-state index contributed by atoms with van der Waals surface area (Å²) in [6.07, 6.45) is -0.208. The van der Waals surface area contributed by atoms with Crippen molar-refractivity contribution >= 4 is 0 Å². The van der Waals surface area contributed by atoms with E-state index in [0.29, 0.717) is 5.92 Å². The summed E-state index contributed by atoms with van der Waals surface area (Å²) in [5, 5.41) is 3.40. The van der Waals surface area contributed by atoms with Crippen LogP contribution in [0, 0.1) is 0 Å². The molecule has 0 saturated carbocycles. The minimum atomic E-state index is -0.208. The first-order valence-corrected chi connectivity index (χ1v) is 6.46. The molecule has 0 spiro atoms. The summed E-state index contributed by atoms with van der Waals surface area (Å²) in [7, 11) is 3.31. The quantitative estimate of drug-likeness (QED) is 0.756. The number of methoxy groups -OCH3 is 2. The van der Waals surface area contributed by atoms with E-state index < -0.39 is 0 Å². The van der Waals surface area contributed by atoms with Crippen LogP contribution in [-0.2, 0) is 16.0 Å². The van der Waals surface area contributed by atoms with Crippen LogP contribution < -0.4 is 5.32 Å². The first-order chi connectivity index (χ1) is 8.58. The second kappa shape index (κ2) is 7.52. The molecule has 0 saturated heterocycles. The van der Waals surface area contributed by atoms with Gasteiger partial charge in [-0.3, -0.25) is 0 Å². The third-order valence-corrected chi connectivity index (χ3v) is 3.15. The van der Waals surface area contributed by atoms with Crippen molar-refractivity contribution in [2.45, 2.75) is 45.6 Å². The molecule has 102 valence electrons. The van der Waals surface area contributed by atoms with Crippen LogP contribution in [-0.4, -0.2) is 26.6 Å². The number of nitrogens with one attached hydrogen (secondary N) is 1. The van der Waals surface area contributed by atoms with Gasteiger partial charge in [-0.05, 0) is 24.0 Å². The summed E-state index contributed by atoms with van der Waals surface area (Å²) < 4.78 is 10.4. The normalized spacial score (nSPS) is 13.3. The number of hydrogen-bond donors (Lipinski definition) is 1. The average molecular weight is 251 g/mol. The van der Waals surface area contributed by atoms with Gasteiger partial charge in [0.15, 0.2) is 6.29 Å². The lowest BCUT2D eigenvalue weighted by atomic mass is 10.0. The number of benzene rings is 1. The van der Waals surface area contributed by atoms with Crippen LogP contribution in [0.5, 0.6) is 0 Å². The van der Waals surface area contributed by atoms with E-state index in [2.05, 4.69) is 50.4 Å². The van der Waals surface area contributed by atoms with Gasteiger partial charge in [-0.25, -0.2) is 0 Å². The van der Waals surface area contributed by atoms with E-state index in [1.54, 1.807) is 14.2 Å². The molecule has 3 nitrogen and oxygen atoms in total. The fourth-order valence-electron chi connectivity index (χ4n) is 1.90. The fraction of sp³-hybridized carbons (Fsp3) is 0.600. The molecular weight excluding hydrogens is 226 g/mol. The van der Waals surface area contributed by atoms with Crippen molar-refractivity contribution in [3.05, 3.63) is 35.4 Å². The van der Waals surface area contributed by atoms with Crippen LogP contribution >= 0.6 is 0 Å². The van der Waals surface area contributed by atoms with E-state index in [9.17, 15) is 0 Å². The van der Waals surface area contributed by atoms with Gasteiger partial charge in [0.05, 0.1) is 6.04 Å². The molecule has 3 heteroatoms. The molecular formula is C15H25NO2. The van der Waals surface area contributed by atoms with Gasteiger partial charge in [0.25, 0.3) is 0 Å². The first-order valence-electron chi connectivity index (χ1n) is 6.46. The molecule has 0 aromatic heterocycles. The van der Waals surface area contributed by atoms with Crippen LogP contribution in [0.3, 0.4) is 0 Å². The maximum absolute atomic E-state index is 5.22. The van der Waals surface area contributed by atoms with Crippen LogP contribution in [0.2, 0.25) is 0 Å². The van der Waals surface area contributed by atoms with E-state index in [0.717, 1.165) is 6.54 Å². The summed E-state index contributed by atoms with van der Waals surface area (Å²) in [4.78, 5) is 0. The highest BCUT2D eigenvalue weighted by Gasteiger charge is 2.14. The second-order valence-electron chi connectivity index (χ2n) is 4.91. The molecule has 1 atom stereocenters. The van der Waals surface area contributed by atoms with Crippen molar-refractivity contribution in [1.29, 1.82) is 0 Å². The van der Waals surface area contributed by atoms with Gasteiger partial charge < -0.3 is 14.8 Å². The van der Waals surface area contributed by atoms with Crippen LogP contribution in [0.4, 0.5) is 0 Å². The Kier molecular flexibility index (Phi) is 6.33. The molecule has 1 aromatic carbocycles. The number of rotatable bonds is 7. The molecule has 1 rings (SSSR count). The lowest BCUT2D eigenvalue weighted by molar-refractivity contribution is -0.119. The molecule has 0 radical (unpaired) electrons. The van der Waals surface area contributed by atoms with Gasteiger partial charge in [0, 0.05) is 20.8 Å². The van der Waals surface area contributed by atoms with Gasteiger partial charge in [0.1, 0.15) is 0 Å². The zero-order valence-electron chi connectivity index (χ0n) is 12.1. The summed E-state index contributed by atoms with van der Waals surface area (Å²) in [5.74, 6) is 0.581. The Morgan fingerprint density at radius 1 is 1.00 bits per heavy atom. The van der Waals surface area contributed by atoms with Crippen molar-refractivity contribution in [2.75, 3.05) is 14.2 Å². The molecule has 0 heterocycles. The topological polar surface area (TPSA) is 30.5 Å². The zero-order valence-corrected chi connectivity index (χ0v) is 12.1. The number of ether oxygens (including phenoxy) is 2. The molecule has 0 aliphatic carbocycles. The zero-order chi connectivity index (χ0) is 13.5. The van der Waals surface area contributed by atoms with Gasteiger partial charge in [0.2, 0.25) is 0 Å². The third kappa shape index (κ3) is 4.41. The van der Waals surface area contributed by atoms with Gasteiger partial charge in [-0.15, -0.1) is 0 Å². The Labute approximate surface area is 110 Å². The Morgan fingerprint density at radius 2 is 1.56 bits per heavy atom. The predicted molar refractivity (Wildman–Crippen MR) is 74.6 cm³/mol. The summed E-state index contributed by atoms with van der Waals surface area (Å²) in [5.41, 5.74) is 2.65. The lowest BCUT2D eigenvalue weighted by Crippen LogP contribution is -2.39. The lowest BCUT2D eigenvalue weighted by Gasteiger charge is -2.22. The molecule has 0 amide bonds. The highest BCUT2D eigenvalue weighted by Crippen LogP contribution is 2.14. The minimum absolute atomic E-state index is 0.157. The molecule has 0 fully saturated rings. The summed E-state index contributed by atoms with van der Waals surface area (Å²) in [6, 6.07) is 8.88. The van der Waals surface area contributed by atoms with Gasteiger partial charge in [-0.2, -0.15) is 0 Å². The summed E-state index contributed by atoms with van der Waals surface area (Å²) in [6.45, 7) is 7.29. The Hall–Kier alpha value is -0.900. The Bertz CT molecular complexity index is 331. The Balaban J connectivity index is 2.48. The van der Waals surface area contributed by atoms with Crippen LogP contribution in [0.15, 0.2) is 24.3 Å². The summed E-state index contributed by atoms with van der Waals surface area (Å²) >= 11 is 0. The van der Waals surface area contributed by atoms with E-state index >= 15 is 0 Å². The first kappa shape index (κ1) is 15.2. The maximum Gasteiger partial charge on any atom is 0.171 e. The molecule has 18 heavy (non-hydrogen) atoms. The van der Waals surface area contributed by atoms with Crippen molar-refractivity contribution in [1.82, 2.24) is 5.32 Å². The van der Waals surface area contributed by atoms with Crippen LogP contribution in [0.1, 0.15) is 37.8 Å². The Morgan fingerprint density at radius 3 is 2.00 bits per heavy atom. The van der Waals surface area contributed by atoms with E-state index in [4.69, 9.17) is 9.47 Å². The van der Waals surface area contributed by atoms with Crippen molar-refractivity contribution in [3.8, 4) is 0 Å². The van der Waals surface area contributed by atoms with E-state index in [1.807, 2.05) is 0 Å². The smallest absolute Gasteiger partial charge is 0.171 e. The number of hydrogen-bond acceptors (Lipinski definition) is 3. The van der Waals surface area contributed by atoms with Crippen molar-refractivity contribution in [2.24, 2.45) is 0 Å².